The van der Waals surface area contributed by atoms with Crippen LogP contribution in [0.1, 0.15) is 0 Å². The molecule has 0 spiro atoms. The number of aromatic hydroxyl groups is 1. The predicted molar refractivity (Wildman–Crippen MR) is 64.5 cm³/mol. The molecule has 0 aliphatic heterocycles. The molecule has 0 heterocycles. The molecular weight excluding hydrogens is 235 g/mol. The highest BCUT2D eigenvalue weighted by Crippen LogP contribution is 2.44. The number of anilines is 2. The zero-order chi connectivity index (χ0) is 11.2. The highest BCUT2D eigenvalue weighted by molar-refractivity contribution is 6.41. The Bertz CT molecular complexity index is 555. The number of benzene rings is 2. The van der Waals surface area contributed by atoms with Gasteiger partial charge in [0.05, 0.1) is 16.4 Å². The summed E-state index contributed by atoms with van der Waals surface area (Å²) in [6.07, 6.45) is 0. The van der Waals surface area contributed by atoms with Gasteiger partial charge in [0.15, 0.2) is 5.75 Å². The van der Waals surface area contributed by atoms with E-state index in [1.807, 2.05) is 0 Å². The van der Waals surface area contributed by atoms with E-state index in [1.54, 1.807) is 18.2 Å². The Labute approximate surface area is 96.2 Å². The average molecular weight is 243 g/mol. The van der Waals surface area contributed by atoms with Crippen LogP contribution in [0.4, 0.5) is 11.4 Å². The number of hydrogen-bond donors (Lipinski definition) is 3. The molecule has 2 rings (SSSR count). The molecule has 0 aliphatic carbocycles. The second-order valence-electron chi connectivity index (χ2n) is 3.15. The molecule has 2 aromatic rings. The van der Waals surface area contributed by atoms with Crippen LogP contribution < -0.4 is 11.5 Å². The molecule has 15 heavy (non-hydrogen) atoms. The van der Waals surface area contributed by atoms with Gasteiger partial charge in [0.1, 0.15) is 5.02 Å². The van der Waals surface area contributed by atoms with Gasteiger partial charge in [-0.3, -0.25) is 0 Å². The van der Waals surface area contributed by atoms with Crippen LogP contribution >= 0.6 is 23.2 Å². The van der Waals surface area contributed by atoms with Crippen molar-refractivity contribution in [1.82, 2.24) is 0 Å². The van der Waals surface area contributed by atoms with Gasteiger partial charge >= 0.3 is 0 Å². The lowest BCUT2D eigenvalue weighted by Crippen LogP contribution is -1.95. The first-order valence-corrected chi connectivity index (χ1v) is 4.93. The van der Waals surface area contributed by atoms with Crippen LogP contribution in [0.15, 0.2) is 18.2 Å². The third kappa shape index (κ3) is 1.35. The third-order valence-electron chi connectivity index (χ3n) is 2.27. The number of rotatable bonds is 0. The first-order valence-electron chi connectivity index (χ1n) is 4.17. The van der Waals surface area contributed by atoms with Gasteiger partial charge in [-0.2, -0.15) is 0 Å². The summed E-state index contributed by atoms with van der Waals surface area (Å²) in [5, 5.41) is 11.3. The van der Waals surface area contributed by atoms with E-state index in [2.05, 4.69) is 0 Å². The zero-order valence-corrected chi connectivity index (χ0v) is 9.10. The van der Waals surface area contributed by atoms with Gasteiger partial charge in [-0.15, -0.1) is 0 Å². The summed E-state index contributed by atoms with van der Waals surface area (Å²) in [6, 6.07) is 5.14. The Kier molecular flexibility index (Phi) is 2.29. The number of phenols is 1. The van der Waals surface area contributed by atoms with Crippen molar-refractivity contribution in [3.05, 3.63) is 28.2 Å². The average Bonchev–Trinajstić information content (AvgIpc) is 2.23. The number of nitrogen functional groups attached to an aromatic ring is 2. The van der Waals surface area contributed by atoms with Crippen LogP contribution in [-0.4, -0.2) is 5.11 Å². The molecule has 0 amide bonds. The topological polar surface area (TPSA) is 72.3 Å². The van der Waals surface area contributed by atoms with E-state index in [4.69, 9.17) is 34.7 Å². The minimum atomic E-state index is -0.205. The number of nitrogens with two attached hydrogens (primary N) is 2. The van der Waals surface area contributed by atoms with Gasteiger partial charge in [-0.1, -0.05) is 35.3 Å². The van der Waals surface area contributed by atoms with Crippen LogP contribution in [0.5, 0.6) is 5.75 Å². The Morgan fingerprint density at radius 1 is 1.07 bits per heavy atom. The van der Waals surface area contributed by atoms with Crippen molar-refractivity contribution in [1.29, 1.82) is 0 Å². The normalized spacial score (nSPS) is 10.8. The van der Waals surface area contributed by atoms with Gasteiger partial charge in [-0.05, 0) is 6.07 Å². The maximum atomic E-state index is 9.60. The quantitative estimate of drug-likeness (QED) is 0.491. The highest BCUT2D eigenvalue weighted by atomic mass is 35.5. The smallest absolute Gasteiger partial charge is 0.159 e. The van der Waals surface area contributed by atoms with Gasteiger partial charge in [-0.25, -0.2) is 0 Å². The summed E-state index contributed by atoms with van der Waals surface area (Å²) in [7, 11) is 0. The molecule has 78 valence electrons. The SMILES string of the molecule is Nc1c(O)c(Cl)c(N)c2c(Cl)cccc12. The van der Waals surface area contributed by atoms with Crippen LogP contribution in [0.3, 0.4) is 0 Å². The Balaban J connectivity index is 3.08. The third-order valence-corrected chi connectivity index (χ3v) is 2.97. The largest absolute Gasteiger partial charge is 0.504 e. The van der Waals surface area contributed by atoms with E-state index in [1.165, 1.54) is 0 Å². The minimum absolute atomic E-state index is 0.0353. The Hall–Kier alpha value is -1.32. The van der Waals surface area contributed by atoms with Crippen molar-refractivity contribution in [2.24, 2.45) is 0 Å². The summed E-state index contributed by atoms with van der Waals surface area (Å²) in [5.41, 5.74) is 11.9. The minimum Gasteiger partial charge on any atom is -0.504 e. The van der Waals surface area contributed by atoms with Crippen LogP contribution in [0.25, 0.3) is 10.8 Å². The van der Waals surface area contributed by atoms with Gasteiger partial charge in [0.25, 0.3) is 0 Å². The second kappa shape index (κ2) is 3.36. The van der Waals surface area contributed by atoms with E-state index in [0.29, 0.717) is 15.8 Å². The maximum Gasteiger partial charge on any atom is 0.159 e. The van der Waals surface area contributed by atoms with Crippen LogP contribution in [0.2, 0.25) is 10.0 Å². The molecule has 2 aromatic carbocycles. The van der Waals surface area contributed by atoms with Crippen molar-refractivity contribution in [2.75, 3.05) is 11.5 Å². The summed E-state index contributed by atoms with van der Waals surface area (Å²) >= 11 is 11.8. The van der Waals surface area contributed by atoms with E-state index < -0.39 is 0 Å². The fourth-order valence-corrected chi connectivity index (χ4v) is 1.98. The van der Waals surface area contributed by atoms with E-state index in [9.17, 15) is 5.11 Å². The molecule has 0 fully saturated rings. The number of fused-ring (bicyclic) bond motifs is 1. The lowest BCUT2D eigenvalue weighted by atomic mass is 10.1. The first-order chi connectivity index (χ1) is 7.04. The Morgan fingerprint density at radius 3 is 2.40 bits per heavy atom. The molecule has 3 nitrogen and oxygen atoms in total. The van der Waals surface area contributed by atoms with E-state index in [0.717, 1.165) is 0 Å². The number of hydrogen-bond acceptors (Lipinski definition) is 3. The number of phenolic OH excluding ortho intramolecular Hbond substituents is 1. The standard InChI is InChI=1S/C10H8Cl2N2O/c11-5-3-1-2-4-6(5)9(14)7(12)10(15)8(4)13/h1-3,15H,13-14H2. The fourth-order valence-electron chi connectivity index (χ4n) is 1.51. The molecule has 0 unspecified atom stereocenters. The summed E-state index contributed by atoms with van der Waals surface area (Å²) in [4.78, 5) is 0. The summed E-state index contributed by atoms with van der Waals surface area (Å²) in [6.45, 7) is 0. The van der Waals surface area contributed by atoms with Crippen molar-refractivity contribution in [3.63, 3.8) is 0 Å². The maximum absolute atomic E-state index is 9.60. The monoisotopic (exact) mass is 242 g/mol. The lowest BCUT2D eigenvalue weighted by Gasteiger charge is -2.11. The molecule has 0 saturated carbocycles. The first kappa shape index (κ1) is 10.2. The summed E-state index contributed by atoms with van der Waals surface area (Å²) in [5.74, 6) is -0.205. The van der Waals surface area contributed by atoms with Crippen molar-refractivity contribution >= 4 is 45.3 Å². The van der Waals surface area contributed by atoms with Gasteiger partial charge < -0.3 is 16.6 Å². The lowest BCUT2D eigenvalue weighted by molar-refractivity contribution is 0.479. The molecule has 0 radical (unpaired) electrons. The van der Waals surface area contributed by atoms with Crippen molar-refractivity contribution < 1.29 is 5.11 Å². The molecule has 0 aromatic heterocycles. The van der Waals surface area contributed by atoms with Gasteiger partial charge in [0, 0.05) is 10.8 Å². The van der Waals surface area contributed by atoms with Crippen molar-refractivity contribution in [2.45, 2.75) is 0 Å². The summed E-state index contributed by atoms with van der Waals surface area (Å²) < 4.78 is 0. The molecule has 0 atom stereocenters. The molecule has 0 aliphatic rings. The van der Waals surface area contributed by atoms with E-state index in [-0.39, 0.29) is 22.1 Å². The highest BCUT2D eigenvalue weighted by Gasteiger charge is 2.15. The van der Waals surface area contributed by atoms with Crippen molar-refractivity contribution in [3.8, 4) is 5.75 Å². The zero-order valence-electron chi connectivity index (χ0n) is 7.59. The predicted octanol–water partition coefficient (Wildman–Crippen LogP) is 3.02. The molecule has 5 N–H and O–H groups in total. The molecule has 5 heteroatoms. The molecule has 0 saturated heterocycles. The van der Waals surface area contributed by atoms with E-state index >= 15 is 0 Å². The molecular formula is C10H8Cl2N2O. The molecule has 0 bridgehead atoms. The Morgan fingerprint density at radius 2 is 1.73 bits per heavy atom. The van der Waals surface area contributed by atoms with Gasteiger partial charge in [0.2, 0.25) is 0 Å². The number of halogens is 2. The van der Waals surface area contributed by atoms with Crippen LogP contribution in [0, 0.1) is 0 Å². The van der Waals surface area contributed by atoms with Crippen LogP contribution in [-0.2, 0) is 0 Å². The second-order valence-corrected chi connectivity index (χ2v) is 3.94. The fraction of sp³-hybridized carbons (Fsp3) is 0.